The van der Waals surface area contributed by atoms with Crippen molar-refractivity contribution in [2.75, 3.05) is 6.54 Å². The minimum atomic E-state index is -0.559. The van der Waals surface area contributed by atoms with E-state index in [1.54, 1.807) is 23.1 Å². The van der Waals surface area contributed by atoms with E-state index in [-0.39, 0.29) is 18.2 Å². The molecule has 6 heteroatoms. The van der Waals surface area contributed by atoms with E-state index in [1.807, 2.05) is 45.0 Å². The van der Waals surface area contributed by atoms with Crippen molar-refractivity contribution in [1.82, 2.24) is 10.2 Å². The van der Waals surface area contributed by atoms with E-state index in [4.69, 9.17) is 23.2 Å². The summed E-state index contributed by atoms with van der Waals surface area (Å²) in [4.78, 5) is 27.7. The molecule has 2 aromatic rings. The predicted molar refractivity (Wildman–Crippen MR) is 119 cm³/mol. The van der Waals surface area contributed by atoms with E-state index >= 15 is 0 Å². The summed E-state index contributed by atoms with van der Waals surface area (Å²) in [5.41, 5.74) is 2.66. The standard InChI is InChI=1S/C23H28Cl2N2O2/c1-4-12-26-23(29)21(5-2)27(15-17-9-6-8-16(3)13-17)22(28)14-18-19(24)10-7-11-20(18)25/h6-11,13,21H,4-5,12,14-15H2,1-3H3,(H,26,29)/t21-/m1/s1. The van der Waals surface area contributed by atoms with Gasteiger partial charge in [-0.1, -0.05) is 72.9 Å². The van der Waals surface area contributed by atoms with E-state index in [1.165, 1.54) is 0 Å². The molecule has 1 N–H and O–H groups in total. The fraction of sp³-hybridized carbons (Fsp3) is 0.391. The number of carbonyl (C=O) groups excluding carboxylic acids is 2. The average molecular weight is 435 g/mol. The Morgan fingerprint density at radius 1 is 1.07 bits per heavy atom. The van der Waals surface area contributed by atoms with Crippen LogP contribution >= 0.6 is 23.2 Å². The molecule has 29 heavy (non-hydrogen) atoms. The molecular weight excluding hydrogens is 407 g/mol. The van der Waals surface area contributed by atoms with Gasteiger partial charge in [0.1, 0.15) is 6.04 Å². The van der Waals surface area contributed by atoms with Crippen LogP contribution in [0.25, 0.3) is 0 Å². The highest BCUT2D eigenvalue weighted by atomic mass is 35.5. The quantitative estimate of drug-likeness (QED) is 0.590. The molecule has 2 amide bonds. The topological polar surface area (TPSA) is 49.4 Å². The molecule has 2 rings (SSSR count). The lowest BCUT2D eigenvalue weighted by Gasteiger charge is -2.31. The van der Waals surface area contributed by atoms with Gasteiger partial charge in [-0.25, -0.2) is 0 Å². The summed E-state index contributed by atoms with van der Waals surface area (Å²) in [6.07, 6.45) is 1.40. The van der Waals surface area contributed by atoms with Crippen LogP contribution in [-0.4, -0.2) is 29.3 Å². The largest absolute Gasteiger partial charge is 0.354 e. The Kier molecular flexibility index (Phi) is 8.99. The Morgan fingerprint density at radius 3 is 2.31 bits per heavy atom. The maximum absolute atomic E-state index is 13.3. The molecule has 2 aromatic carbocycles. The molecule has 0 radical (unpaired) electrons. The molecule has 1 atom stereocenters. The van der Waals surface area contributed by atoms with Crippen molar-refractivity contribution in [2.24, 2.45) is 0 Å². The lowest BCUT2D eigenvalue weighted by molar-refractivity contribution is -0.140. The van der Waals surface area contributed by atoms with E-state index < -0.39 is 6.04 Å². The third-order valence-corrected chi connectivity index (χ3v) is 5.47. The Bertz CT molecular complexity index is 834. The first-order valence-corrected chi connectivity index (χ1v) is 10.7. The molecule has 0 aliphatic heterocycles. The van der Waals surface area contributed by atoms with Crippen LogP contribution in [0.2, 0.25) is 10.0 Å². The van der Waals surface area contributed by atoms with Crippen LogP contribution in [0.5, 0.6) is 0 Å². The minimum absolute atomic E-state index is 0.0435. The second kappa shape index (κ2) is 11.2. The van der Waals surface area contributed by atoms with Crippen LogP contribution in [0.15, 0.2) is 42.5 Å². The molecule has 0 bridgehead atoms. The number of hydrogen-bond donors (Lipinski definition) is 1. The highest BCUT2D eigenvalue weighted by molar-refractivity contribution is 6.36. The SMILES string of the molecule is CCCNC(=O)[C@@H](CC)N(Cc1cccc(C)c1)C(=O)Cc1c(Cl)cccc1Cl. The maximum atomic E-state index is 13.3. The molecule has 0 heterocycles. The van der Waals surface area contributed by atoms with Crippen LogP contribution in [0.4, 0.5) is 0 Å². The summed E-state index contributed by atoms with van der Waals surface area (Å²) < 4.78 is 0. The smallest absolute Gasteiger partial charge is 0.242 e. The zero-order chi connectivity index (χ0) is 21.4. The second-order valence-electron chi connectivity index (χ2n) is 7.10. The number of carbonyl (C=O) groups is 2. The third kappa shape index (κ3) is 6.48. The van der Waals surface area contributed by atoms with E-state index in [9.17, 15) is 9.59 Å². The Morgan fingerprint density at radius 2 is 1.72 bits per heavy atom. The molecule has 156 valence electrons. The monoisotopic (exact) mass is 434 g/mol. The summed E-state index contributed by atoms with van der Waals surface area (Å²) in [7, 11) is 0. The second-order valence-corrected chi connectivity index (χ2v) is 7.92. The van der Waals surface area contributed by atoms with Gasteiger partial charge >= 0.3 is 0 Å². The summed E-state index contributed by atoms with van der Waals surface area (Å²) in [5, 5.41) is 3.82. The van der Waals surface area contributed by atoms with Crippen molar-refractivity contribution in [3.8, 4) is 0 Å². The van der Waals surface area contributed by atoms with Gasteiger partial charge in [0, 0.05) is 23.1 Å². The van der Waals surface area contributed by atoms with E-state index in [0.29, 0.717) is 35.1 Å². The summed E-state index contributed by atoms with van der Waals surface area (Å²) in [5.74, 6) is -0.319. The zero-order valence-electron chi connectivity index (χ0n) is 17.2. The first-order valence-electron chi connectivity index (χ1n) is 9.92. The van der Waals surface area contributed by atoms with Crippen LogP contribution in [-0.2, 0) is 22.6 Å². The molecule has 0 aliphatic rings. The molecule has 0 spiro atoms. The van der Waals surface area contributed by atoms with E-state index in [2.05, 4.69) is 5.32 Å². The molecule has 0 saturated heterocycles. The molecule has 0 aromatic heterocycles. The summed E-state index contributed by atoms with van der Waals surface area (Å²) in [6.45, 7) is 6.84. The Hall–Kier alpha value is -2.04. The Balaban J connectivity index is 2.33. The molecule has 4 nitrogen and oxygen atoms in total. The van der Waals surface area contributed by atoms with Crippen LogP contribution in [0, 0.1) is 6.92 Å². The van der Waals surface area contributed by atoms with E-state index in [0.717, 1.165) is 17.5 Å². The number of halogens is 2. The summed E-state index contributed by atoms with van der Waals surface area (Å²) >= 11 is 12.5. The van der Waals surface area contributed by atoms with Gasteiger partial charge in [0.15, 0.2) is 0 Å². The van der Waals surface area contributed by atoms with Crippen LogP contribution in [0.3, 0.4) is 0 Å². The predicted octanol–water partition coefficient (Wildman–Crippen LogP) is 5.18. The van der Waals surface area contributed by atoms with Gasteiger partial charge in [-0.15, -0.1) is 0 Å². The minimum Gasteiger partial charge on any atom is -0.354 e. The van der Waals surface area contributed by atoms with Gasteiger partial charge in [0.2, 0.25) is 11.8 Å². The van der Waals surface area contributed by atoms with Gasteiger partial charge in [0.05, 0.1) is 6.42 Å². The number of nitrogens with zero attached hydrogens (tertiary/aromatic N) is 1. The first kappa shape index (κ1) is 23.2. The first-order chi connectivity index (χ1) is 13.9. The van der Waals surface area contributed by atoms with Crippen molar-refractivity contribution in [2.45, 2.75) is 52.6 Å². The van der Waals surface area contributed by atoms with Crippen molar-refractivity contribution >= 4 is 35.0 Å². The fourth-order valence-corrected chi connectivity index (χ4v) is 3.78. The van der Waals surface area contributed by atoms with Gasteiger partial charge in [-0.2, -0.15) is 0 Å². The fourth-order valence-electron chi connectivity index (χ4n) is 3.25. The van der Waals surface area contributed by atoms with Gasteiger partial charge < -0.3 is 10.2 Å². The highest BCUT2D eigenvalue weighted by Gasteiger charge is 2.29. The lowest BCUT2D eigenvalue weighted by atomic mass is 10.1. The normalized spacial score (nSPS) is 11.8. The number of hydrogen-bond acceptors (Lipinski definition) is 2. The van der Waals surface area contributed by atoms with Crippen molar-refractivity contribution < 1.29 is 9.59 Å². The number of aryl methyl sites for hydroxylation is 1. The molecule has 0 unspecified atom stereocenters. The molecular formula is C23H28Cl2N2O2. The van der Waals surface area contributed by atoms with Crippen molar-refractivity contribution in [3.63, 3.8) is 0 Å². The molecule has 0 saturated carbocycles. The van der Waals surface area contributed by atoms with Crippen molar-refractivity contribution in [3.05, 3.63) is 69.2 Å². The van der Waals surface area contributed by atoms with Gasteiger partial charge in [-0.05, 0) is 43.0 Å². The molecule has 0 fully saturated rings. The van der Waals surface area contributed by atoms with Crippen LogP contribution < -0.4 is 5.32 Å². The number of rotatable bonds is 9. The average Bonchev–Trinajstić information content (AvgIpc) is 2.69. The zero-order valence-corrected chi connectivity index (χ0v) is 18.7. The van der Waals surface area contributed by atoms with Crippen LogP contribution in [0.1, 0.15) is 43.4 Å². The van der Waals surface area contributed by atoms with Gasteiger partial charge in [-0.3, -0.25) is 9.59 Å². The third-order valence-electron chi connectivity index (χ3n) is 4.76. The molecule has 0 aliphatic carbocycles. The highest BCUT2D eigenvalue weighted by Crippen LogP contribution is 2.26. The summed E-state index contributed by atoms with van der Waals surface area (Å²) in [6, 6.07) is 12.6. The number of benzene rings is 2. The van der Waals surface area contributed by atoms with Crippen molar-refractivity contribution in [1.29, 1.82) is 0 Å². The van der Waals surface area contributed by atoms with Gasteiger partial charge in [0.25, 0.3) is 0 Å². The maximum Gasteiger partial charge on any atom is 0.242 e. The Labute approximate surface area is 183 Å². The number of amides is 2. The lowest BCUT2D eigenvalue weighted by Crippen LogP contribution is -2.49. The number of nitrogens with one attached hydrogen (secondary N) is 1.